The average Bonchev–Trinajstić information content (AvgIpc) is 2.91. The first kappa shape index (κ1) is 13.7. The molecule has 1 amide bonds. The molecular formula is C16H19N3O2. The molecule has 0 spiro atoms. The smallest absolute Gasteiger partial charge is 0.257 e. The summed E-state index contributed by atoms with van der Waals surface area (Å²) in [5, 5.41) is 6.94. The Bertz CT molecular complexity index is 716. The zero-order chi connectivity index (χ0) is 15.2. The Morgan fingerprint density at radius 2 is 2.19 bits per heavy atom. The number of amides is 1. The molecule has 1 N–H and O–H groups in total. The van der Waals surface area contributed by atoms with Crippen molar-refractivity contribution in [2.75, 3.05) is 5.32 Å². The number of hydrogen-bond acceptors (Lipinski definition) is 3. The third-order valence-electron chi connectivity index (χ3n) is 3.64. The Labute approximate surface area is 123 Å². The molecule has 1 aliphatic heterocycles. The number of rotatable bonds is 2. The lowest BCUT2D eigenvalue weighted by Gasteiger charge is -2.16. The van der Waals surface area contributed by atoms with E-state index in [1.807, 2.05) is 26.1 Å². The fourth-order valence-corrected chi connectivity index (χ4v) is 2.66. The Balaban J connectivity index is 1.87. The lowest BCUT2D eigenvalue weighted by molar-refractivity contribution is 0.102. The Hall–Kier alpha value is -2.30. The van der Waals surface area contributed by atoms with Crippen molar-refractivity contribution in [2.24, 2.45) is 7.05 Å². The molecule has 3 rings (SSSR count). The van der Waals surface area contributed by atoms with Gasteiger partial charge in [-0.1, -0.05) is 0 Å². The summed E-state index contributed by atoms with van der Waals surface area (Å²) < 4.78 is 7.57. The highest BCUT2D eigenvalue weighted by atomic mass is 16.5. The van der Waals surface area contributed by atoms with Crippen molar-refractivity contribution in [3.8, 4) is 5.75 Å². The third kappa shape index (κ3) is 2.63. The van der Waals surface area contributed by atoms with Crippen LogP contribution < -0.4 is 10.1 Å². The monoisotopic (exact) mass is 285 g/mol. The molecule has 1 aromatic heterocycles. The zero-order valence-electron chi connectivity index (χ0n) is 12.7. The van der Waals surface area contributed by atoms with Crippen molar-refractivity contribution in [1.29, 1.82) is 0 Å². The van der Waals surface area contributed by atoms with Gasteiger partial charge in [0.2, 0.25) is 0 Å². The number of ether oxygens (including phenoxy) is 1. The first-order chi connectivity index (χ1) is 9.84. The van der Waals surface area contributed by atoms with Gasteiger partial charge in [0, 0.05) is 36.9 Å². The van der Waals surface area contributed by atoms with E-state index in [2.05, 4.69) is 24.3 Å². The number of carbonyl (C=O) groups excluding carboxylic acids is 1. The average molecular weight is 285 g/mol. The molecule has 0 atom stereocenters. The van der Waals surface area contributed by atoms with Crippen LogP contribution in [-0.2, 0) is 13.5 Å². The summed E-state index contributed by atoms with van der Waals surface area (Å²) in [5.74, 6) is 1.18. The molecule has 110 valence electrons. The number of aryl methyl sites for hydroxylation is 2. The van der Waals surface area contributed by atoms with Crippen LogP contribution in [0.1, 0.15) is 35.3 Å². The number of nitrogens with one attached hydrogen (secondary N) is 1. The van der Waals surface area contributed by atoms with Crippen molar-refractivity contribution in [3.63, 3.8) is 0 Å². The predicted molar refractivity (Wildman–Crippen MR) is 80.8 cm³/mol. The molecule has 0 fully saturated rings. The fraction of sp³-hybridized carbons (Fsp3) is 0.375. The van der Waals surface area contributed by atoms with E-state index in [9.17, 15) is 4.79 Å². The van der Waals surface area contributed by atoms with Crippen molar-refractivity contribution < 1.29 is 9.53 Å². The maximum absolute atomic E-state index is 12.3. The van der Waals surface area contributed by atoms with Gasteiger partial charge in [0.05, 0.1) is 0 Å². The van der Waals surface area contributed by atoms with Crippen molar-refractivity contribution in [2.45, 2.75) is 32.8 Å². The highest BCUT2D eigenvalue weighted by Gasteiger charge is 2.32. The zero-order valence-corrected chi connectivity index (χ0v) is 12.7. The summed E-state index contributed by atoms with van der Waals surface area (Å²) in [4.78, 5) is 12.3. The molecule has 0 unspecified atom stereocenters. The standard InChI is InChI=1S/C16H19N3O2/c1-10-7-11(8-13-12(10)9-16(2,3)21-13)15(20)17-14-5-6-19(4)18-14/h5-8H,9H2,1-4H3,(H,17,18,20). The van der Waals surface area contributed by atoms with Crippen LogP contribution in [0.3, 0.4) is 0 Å². The lowest BCUT2D eigenvalue weighted by atomic mass is 9.96. The topological polar surface area (TPSA) is 56.2 Å². The highest BCUT2D eigenvalue weighted by Crippen LogP contribution is 2.37. The van der Waals surface area contributed by atoms with Gasteiger partial charge in [-0.05, 0) is 38.5 Å². The number of carbonyl (C=O) groups is 1. The third-order valence-corrected chi connectivity index (χ3v) is 3.64. The number of anilines is 1. The van der Waals surface area contributed by atoms with E-state index in [0.717, 1.165) is 17.7 Å². The molecule has 0 radical (unpaired) electrons. The van der Waals surface area contributed by atoms with Gasteiger partial charge in [-0.3, -0.25) is 9.48 Å². The van der Waals surface area contributed by atoms with E-state index >= 15 is 0 Å². The minimum absolute atomic E-state index is 0.173. The molecule has 2 aromatic rings. The first-order valence-electron chi connectivity index (χ1n) is 6.98. The number of fused-ring (bicyclic) bond motifs is 1. The SMILES string of the molecule is Cc1cc(C(=O)Nc2ccn(C)n2)cc2c1CC(C)(C)O2. The van der Waals surface area contributed by atoms with E-state index in [1.54, 1.807) is 16.9 Å². The summed E-state index contributed by atoms with van der Waals surface area (Å²) in [6.07, 6.45) is 2.66. The Morgan fingerprint density at radius 3 is 2.86 bits per heavy atom. The van der Waals surface area contributed by atoms with E-state index in [-0.39, 0.29) is 11.5 Å². The van der Waals surface area contributed by atoms with Gasteiger partial charge < -0.3 is 10.1 Å². The van der Waals surface area contributed by atoms with Crippen LogP contribution in [0.2, 0.25) is 0 Å². The summed E-state index contributed by atoms with van der Waals surface area (Å²) in [7, 11) is 1.81. The van der Waals surface area contributed by atoms with Crippen LogP contribution in [0.15, 0.2) is 24.4 Å². The molecule has 5 heteroatoms. The molecule has 0 saturated carbocycles. The minimum atomic E-state index is -0.205. The van der Waals surface area contributed by atoms with Crippen molar-refractivity contribution >= 4 is 11.7 Å². The number of benzene rings is 1. The second-order valence-electron chi connectivity index (χ2n) is 6.14. The molecular weight excluding hydrogens is 266 g/mol. The van der Waals surface area contributed by atoms with Gasteiger partial charge in [0.1, 0.15) is 11.4 Å². The van der Waals surface area contributed by atoms with Gasteiger partial charge in [-0.15, -0.1) is 0 Å². The van der Waals surface area contributed by atoms with Gasteiger partial charge in [0.25, 0.3) is 5.91 Å². The Morgan fingerprint density at radius 1 is 1.43 bits per heavy atom. The molecule has 21 heavy (non-hydrogen) atoms. The molecule has 0 saturated heterocycles. The van der Waals surface area contributed by atoms with Crippen molar-refractivity contribution in [3.05, 3.63) is 41.1 Å². The van der Waals surface area contributed by atoms with Gasteiger partial charge in [-0.25, -0.2) is 0 Å². The predicted octanol–water partition coefficient (Wildman–Crippen LogP) is 2.69. The first-order valence-corrected chi connectivity index (χ1v) is 6.98. The van der Waals surface area contributed by atoms with Crippen LogP contribution in [0.25, 0.3) is 0 Å². The minimum Gasteiger partial charge on any atom is -0.487 e. The quantitative estimate of drug-likeness (QED) is 0.923. The van der Waals surface area contributed by atoms with E-state index < -0.39 is 0 Å². The molecule has 1 aromatic carbocycles. The van der Waals surface area contributed by atoms with Gasteiger partial charge in [-0.2, -0.15) is 5.10 Å². The second kappa shape index (κ2) is 4.62. The number of nitrogens with zero attached hydrogens (tertiary/aromatic N) is 2. The Kier molecular flexibility index (Phi) is 3.01. The summed E-state index contributed by atoms with van der Waals surface area (Å²) in [5.41, 5.74) is 2.66. The van der Waals surface area contributed by atoms with Crippen molar-refractivity contribution in [1.82, 2.24) is 9.78 Å². The van der Waals surface area contributed by atoms with Crippen LogP contribution >= 0.6 is 0 Å². The van der Waals surface area contributed by atoms with Crippen LogP contribution in [-0.4, -0.2) is 21.3 Å². The molecule has 1 aliphatic rings. The fourth-order valence-electron chi connectivity index (χ4n) is 2.66. The molecule has 0 aliphatic carbocycles. The molecule has 5 nitrogen and oxygen atoms in total. The maximum Gasteiger partial charge on any atom is 0.257 e. The lowest BCUT2D eigenvalue weighted by Crippen LogP contribution is -2.24. The number of aromatic nitrogens is 2. The van der Waals surface area contributed by atoms with E-state index in [1.165, 1.54) is 5.56 Å². The van der Waals surface area contributed by atoms with Gasteiger partial charge >= 0.3 is 0 Å². The summed E-state index contributed by atoms with van der Waals surface area (Å²) in [6.45, 7) is 6.13. The van der Waals surface area contributed by atoms with E-state index in [4.69, 9.17) is 4.74 Å². The maximum atomic E-state index is 12.3. The highest BCUT2D eigenvalue weighted by molar-refractivity contribution is 6.04. The second-order valence-corrected chi connectivity index (χ2v) is 6.14. The van der Waals surface area contributed by atoms with E-state index in [0.29, 0.717) is 11.4 Å². The van der Waals surface area contributed by atoms with Crippen LogP contribution in [0.4, 0.5) is 5.82 Å². The molecule has 2 heterocycles. The van der Waals surface area contributed by atoms with Crippen LogP contribution in [0.5, 0.6) is 5.75 Å². The normalized spacial score (nSPS) is 15.4. The van der Waals surface area contributed by atoms with Crippen LogP contribution in [0, 0.1) is 6.92 Å². The summed E-state index contributed by atoms with van der Waals surface area (Å²) >= 11 is 0. The van der Waals surface area contributed by atoms with Gasteiger partial charge in [0.15, 0.2) is 5.82 Å². The molecule has 0 bridgehead atoms. The largest absolute Gasteiger partial charge is 0.487 e. The summed E-state index contributed by atoms with van der Waals surface area (Å²) in [6, 6.07) is 5.48. The number of hydrogen-bond donors (Lipinski definition) is 1.